The number of rotatable bonds is 6. The van der Waals surface area contributed by atoms with Gasteiger partial charge in [-0.3, -0.25) is 0 Å². The summed E-state index contributed by atoms with van der Waals surface area (Å²) in [7, 11) is 1.68. The molecule has 1 N–H and O–H groups in total. The molecule has 0 unspecified atom stereocenters. The summed E-state index contributed by atoms with van der Waals surface area (Å²) in [5.74, 6) is 1.87. The van der Waals surface area contributed by atoms with Crippen LogP contribution in [0.25, 0.3) is 0 Å². The molecule has 2 nitrogen and oxygen atoms in total. The van der Waals surface area contributed by atoms with Crippen molar-refractivity contribution in [3.63, 3.8) is 0 Å². The van der Waals surface area contributed by atoms with Crippen LogP contribution in [0.15, 0.2) is 53.4 Å². The van der Waals surface area contributed by atoms with Gasteiger partial charge in [0.2, 0.25) is 0 Å². The molecule has 2 aromatic carbocycles. The average molecular weight is 294 g/mol. The zero-order valence-corrected chi connectivity index (χ0v) is 12.3. The third-order valence-corrected chi connectivity index (χ3v) is 3.96. The number of ether oxygens (including phenoxy) is 1. The molecule has 0 amide bonds. The number of halogens is 1. The largest absolute Gasteiger partial charge is 0.497 e. The number of thioether (sulfide) groups is 1. The maximum atomic E-state index is 6.07. The van der Waals surface area contributed by atoms with Crippen LogP contribution in [0.5, 0.6) is 5.75 Å². The summed E-state index contributed by atoms with van der Waals surface area (Å²) in [6, 6.07) is 15.9. The molecule has 100 valence electrons. The van der Waals surface area contributed by atoms with Gasteiger partial charge in [-0.15, -0.1) is 11.8 Å². The number of hydrogen-bond donors (Lipinski definition) is 1. The first-order valence-corrected chi connectivity index (χ1v) is 7.41. The summed E-state index contributed by atoms with van der Waals surface area (Å²) in [5, 5.41) is 4.09. The van der Waals surface area contributed by atoms with Gasteiger partial charge in [0.25, 0.3) is 0 Å². The number of hydrogen-bond acceptors (Lipinski definition) is 3. The van der Waals surface area contributed by atoms with Crippen molar-refractivity contribution < 1.29 is 4.74 Å². The molecule has 0 atom stereocenters. The highest BCUT2D eigenvalue weighted by Gasteiger charge is 1.98. The lowest BCUT2D eigenvalue weighted by molar-refractivity contribution is 0.414. The minimum absolute atomic E-state index is 0.761. The number of nitrogens with one attached hydrogen (secondary N) is 1. The van der Waals surface area contributed by atoms with Crippen LogP contribution in [0.2, 0.25) is 5.02 Å². The molecule has 0 bridgehead atoms. The fourth-order valence-corrected chi connectivity index (χ4v) is 2.60. The van der Waals surface area contributed by atoms with Crippen LogP contribution in [-0.4, -0.2) is 19.4 Å². The maximum Gasteiger partial charge on any atom is 0.118 e. The lowest BCUT2D eigenvalue weighted by atomic mass is 10.3. The van der Waals surface area contributed by atoms with Crippen molar-refractivity contribution in [3.05, 3.63) is 53.6 Å². The van der Waals surface area contributed by atoms with E-state index in [-0.39, 0.29) is 0 Å². The van der Waals surface area contributed by atoms with Gasteiger partial charge in [0, 0.05) is 17.2 Å². The van der Waals surface area contributed by atoms with Crippen LogP contribution in [0.4, 0.5) is 5.69 Å². The van der Waals surface area contributed by atoms with Gasteiger partial charge in [0.15, 0.2) is 0 Å². The van der Waals surface area contributed by atoms with E-state index in [1.54, 1.807) is 18.9 Å². The number of para-hydroxylation sites is 1. The third-order valence-electron chi connectivity index (χ3n) is 2.62. The minimum atomic E-state index is 0.761. The van der Waals surface area contributed by atoms with Crippen molar-refractivity contribution in [2.24, 2.45) is 0 Å². The standard InChI is InChI=1S/C15H16ClNOS/c1-18-12-6-8-13(9-7-12)19-11-10-17-15-5-3-2-4-14(15)16/h2-9,17H,10-11H2,1H3. The summed E-state index contributed by atoms with van der Waals surface area (Å²) < 4.78 is 5.13. The Labute approximate surface area is 123 Å². The predicted octanol–water partition coefficient (Wildman–Crippen LogP) is 4.55. The van der Waals surface area contributed by atoms with Crippen molar-refractivity contribution in [2.75, 3.05) is 24.7 Å². The lowest BCUT2D eigenvalue weighted by Gasteiger charge is -2.08. The zero-order chi connectivity index (χ0) is 13.5. The van der Waals surface area contributed by atoms with Gasteiger partial charge >= 0.3 is 0 Å². The van der Waals surface area contributed by atoms with E-state index in [4.69, 9.17) is 16.3 Å². The molecule has 0 aliphatic carbocycles. The Kier molecular flexibility index (Phi) is 5.43. The van der Waals surface area contributed by atoms with Gasteiger partial charge in [0.1, 0.15) is 5.75 Å². The normalized spacial score (nSPS) is 10.2. The molecule has 0 spiro atoms. The topological polar surface area (TPSA) is 21.3 Å². The van der Waals surface area contributed by atoms with E-state index >= 15 is 0 Å². The average Bonchev–Trinajstić information content (AvgIpc) is 2.46. The van der Waals surface area contributed by atoms with Crippen molar-refractivity contribution >= 4 is 29.1 Å². The number of methoxy groups -OCH3 is 1. The number of anilines is 1. The Morgan fingerprint density at radius 3 is 2.53 bits per heavy atom. The smallest absolute Gasteiger partial charge is 0.118 e. The zero-order valence-electron chi connectivity index (χ0n) is 10.7. The van der Waals surface area contributed by atoms with Gasteiger partial charge in [-0.25, -0.2) is 0 Å². The Morgan fingerprint density at radius 1 is 1.11 bits per heavy atom. The molecule has 2 aromatic rings. The Morgan fingerprint density at radius 2 is 1.84 bits per heavy atom. The van der Waals surface area contributed by atoms with Gasteiger partial charge in [0.05, 0.1) is 17.8 Å². The van der Waals surface area contributed by atoms with E-state index < -0.39 is 0 Å². The van der Waals surface area contributed by atoms with Gasteiger partial charge in [-0.2, -0.15) is 0 Å². The van der Waals surface area contributed by atoms with Gasteiger partial charge in [-0.1, -0.05) is 23.7 Å². The van der Waals surface area contributed by atoms with E-state index in [9.17, 15) is 0 Å². The van der Waals surface area contributed by atoms with E-state index in [1.807, 2.05) is 36.4 Å². The quantitative estimate of drug-likeness (QED) is 0.623. The molecule has 0 aliphatic rings. The Balaban J connectivity index is 1.76. The fourth-order valence-electron chi connectivity index (χ4n) is 1.63. The van der Waals surface area contributed by atoms with E-state index in [1.165, 1.54) is 4.90 Å². The highest BCUT2D eigenvalue weighted by Crippen LogP contribution is 2.23. The first kappa shape index (κ1) is 14.1. The van der Waals surface area contributed by atoms with Crippen LogP contribution in [-0.2, 0) is 0 Å². The SMILES string of the molecule is COc1ccc(SCCNc2ccccc2Cl)cc1. The molecule has 0 saturated heterocycles. The highest BCUT2D eigenvalue weighted by molar-refractivity contribution is 7.99. The summed E-state index contributed by atoms with van der Waals surface area (Å²) in [5.41, 5.74) is 0.986. The van der Waals surface area contributed by atoms with Crippen LogP contribution in [0.3, 0.4) is 0 Å². The van der Waals surface area contributed by atoms with Crippen molar-refractivity contribution in [2.45, 2.75) is 4.90 Å². The first-order valence-electron chi connectivity index (χ1n) is 6.05. The van der Waals surface area contributed by atoms with Crippen molar-refractivity contribution in [1.29, 1.82) is 0 Å². The summed E-state index contributed by atoms with van der Waals surface area (Å²) >= 11 is 7.87. The molecule has 0 fully saturated rings. The molecular formula is C15H16ClNOS. The second-order valence-electron chi connectivity index (χ2n) is 3.93. The van der Waals surface area contributed by atoms with Gasteiger partial charge < -0.3 is 10.1 Å². The Bertz CT molecular complexity index is 516. The third kappa shape index (κ3) is 4.37. The van der Waals surface area contributed by atoms with Crippen LogP contribution in [0.1, 0.15) is 0 Å². The van der Waals surface area contributed by atoms with E-state index in [0.717, 1.165) is 28.8 Å². The van der Waals surface area contributed by atoms with Crippen LogP contribution >= 0.6 is 23.4 Å². The molecule has 2 rings (SSSR count). The van der Waals surface area contributed by atoms with Crippen LogP contribution < -0.4 is 10.1 Å². The monoisotopic (exact) mass is 293 g/mol. The minimum Gasteiger partial charge on any atom is -0.497 e. The highest BCUT2D eigenvalue weighted by atomic mass is 35.5. The summed E-state index contributed by atoms with van der Waals surface area (Å²) in [6.07, 6.45) is 0. The number of benzene rings is 2. The molecule has 0 heterocycles. The van der Waals surface area contributed by atoms with E-state index in [2.05, 4.69) is 17.4 Å². The second kappa shape index (κ2) is 7.31. The molecular weight excluding hydrogens is 278 g/mol. The molecule has 19 heavy (non-hydrogen) atoms. The van der Waals surface area contributed by atoms with Crippen molar-refractivity contribution in [3.8, 4) is 5.75 Å². The second-order valence-corrected chi connectivity index (χ2v) is 5.51. The summed E-state index contributed by atoms with van der Waals surface area (Å²) in [4.78, 5) is 1.24. The molecule has 4 heteroatoms. The fraction of sp³-hybridized carbons (Fsp3) is 0.200. The molecule has 0 aromatic heterocycles. The lowest BCUT2D eigenvalue weighted by Crippen LogP contribution is -2.04. The van der Waals surface area contributed by atoms with Crippen LogP contribution in [0, 0.1) is 0 Å². The maximum absolute atomic E-state index is 6.07. The first-order chi connectivity index (χ1) is 9.29. The predicted molar refractivity (Wildman–Crippen MR) is 83.7 cm³/mol. The molecule has 0 saturated carbocycles. The summed E-state index contributed by atoms with van der Waals surface area (Å²) in [6.45, 7) is 0.875. The molecule has 0 aliphatic heterocycles. The van der Waals surface area contributed by atoms with Gasteiger partial charge in [-0.05, 0) is 36.4 Å². The Hall–Kier alpha value is -1.32. The van der Waals surface area contributed by atoms with E-state index in [0.29, 0.717) is 0 Å². The van der Waals surface area contributed by atoms with Crippen molar-refractivity contribution in [1.82, 2.24) is 0 Å². The molecule has 0 radical (unpaired) electrons.